The standard InChI is InChI=1S/C25H30N2O5/c1-2-13-31-25(30)22(14-18-9-5-3-6-10-18)26-20-15-23(28)27-21(20)16-24(29)32-17-19-11-7-4-8-12-19/h3-12,20-22,26H,2,13-17H2,1H3,(H,27,28)/t20?,21?,22-/m0/s1. The molecule has 2 N–H and O–H groups in total. The molecule has 7 nitrogen and oxygen atoms in total. The van der Waals surface area contributed by atoms with Crippen LogP contribution in [0.4, 0.5) is 0 Å². The van der Waals surface area contributed by atoms with E-state index in [1.54, 1.807) is 0 Å². The Bertz CT molecular complexity index is 888. The number of amides is 1. The van der Waals surface area contributed by atoms with Gasteiger partial charge in [-0.25, -0.2) is 0 Å². The van der Waals surface area contributed by atoms with Gasteiger partial charge in [0.2, 0.25) is 5.91 Å². The number of hydrogen-bond acceptors (Lipinski definition) is 6. The summed E-state index contributed by atoms with van der Waals surface area (Å²) in [5, 5.41) is 6.10. The fourth-order valence-corrected chi connectivity index (χ4v) is 3.67. The fourth-order valence-electron chi connectivity index (χ4n) is 3.67. The second-order valence-electron chi connectivity index (χ2n) is 7.91. The Morgan fingerprint density at radius 1 is 1.03 bits per heavy atom. The number of ether oxygens (including phenoxy) is 2. The molecule has 0 aliphatic carbocycles. The second-order valence-corrected chi connectivity index (χ2v) is 7.91. The highest BCUT2D eigenvalue weighted by Crippen LogP contribution is 2.16. The Morgan fingerprint density at radius 3 is 2.34 bits per heavy atom. The number of rotatable bonds is 11. The molecule has 1 fully saturated rings. The van der Waals surface area contributed by atoms with Crippen LogP contribution in [0.5, 0.6) is 0 Å². The summed E-state index contributed by atoms with van der Waals surface area (Å²) in [5.41, 5.74) is 1.88. The van der Waals surface area contributed by atoms with Gasteiger partial charge in [-0.1, -0.05) is 67.6 Å². The van der Waals surface area contributed by atoms with E-state index in [4.69, 9.17) is 9.47 Å². The lowest BCUT2D eigenvalue weighted by molar-refractivity contribution is -0.146. The van der Waals surface area contributed by atoms with Crippen LogP contribution in [0.3, 0.4) is 0 Å². The van der Waals surface area contributed by atoms with Crippen molar-refractivity contribution in [2.45, 2.75) is 57.3 Å². The van der Waals surface area contributed by atoms with Crippen molar-refractivity contribution in [3.05, 3.63) is 71.8 Å². The Balaban J connectivity index is 1.61. The smallest absolute Gasteiger partial charge is 0.323 e. The summed E-state index contributed by atoms with van der Waals surface area (Å²) >= 11 is 0. The molecule has 170 valence electrons. The molecule has 32 heavy (non-hydrogen) atoms. The van der Waals surface area contributed by atoms with E-state index in [1.165, 1.54) is 0 Å². The Hall–Kier alpha value is -3.19. The van der Waals surface area contributed by atoms with Gasteiger partial charge in [0.15, 0.2) is 0 Å². The molecule has 0 saturated carbocycles. The van der Waals surface area contributed by atoms with Gasteiger partial charge in [0, 0.05) is 12.5 Å². The molecule has 3 atom stereocenters. The number of benzene rings is 2. The van der Waals surface area contributed by atoms with Gasteiger partial charge < -0.3 is 14.8 Å². The molecule has 0 radical (unpaired) electrons. The molecule has 1 aliphatic heterocycles. The van der Waals surface area contributed by atoms with Gasteiger partial charge >= 0.3 is 11.9 Å². The number of hydrogen-bond donors (Lipinski definition) is 2. The maximum absolute atomic E-state index is 12.7. The average molecular weight is 439 g/mol. The van der Waals surface area contributed by atoms with Crippen LogP contribution in [-0.2, 0) is 36.9 Å². The minimum Gasteiger partial charge on any atom is -0.465 e. The molecular formula is C25H30N2O5. The highest BCUT2D eigenvalue weighted by atomic mass is 16.5. The van der Waals surface area contributed by atoms with Crippen LogP contribution in [0.1, 0.15) is 37.3 Å². The molecule has 1 saturated heterocycles. The molecule has 3 rings (SSSR count). The summed E-state index contributed by atoms with van der Waals surface area (Å²) in [7, 11) is 0. The van der Waals surface area contributed by atoms with Crippen molar-refractivity contribution in [2.75, 3.05) is 6.61 Å². The van der Waals surface area contributed by atoms with Crippen molar-refractivity contribution < 1.29 is 23.9 Å². The molecule has 2 unspecified atom stereocenters. The van der Waals surface area contributed by atoms with Gasteiger partial charge in [-0.2, -0.15) is 0 Å². The van der Waals surface area contributed by atoms with Crippen LogP contribution in [-0.4, -0.2) is 42.6 Å². The summed E-state index contributed by atoms with van der Waals surface area (Å²) in [6.07, 6.45) is 1.36. The van der Waals surface area contributed by atoms with E-state index in [0.29, 0.717) is 13.0 Å². The normalized spacial score (nSPS) is 18.6. The first kappa shape index (κ1) is 23.5. The SMILES string of the molecule is CCCOC(=O)[C@H](Cc1ccccc1)NC1CC(=O)NC1CC(=O)OCc1ccccc1. The minimum absolute atomic E-state index is 0.0261. The Kier molecular flexibility index (Phi) is 8.80. The topological polar surface area (TPSA) is 93.7 Å². The molecule has 0 spiro atoms. The molecule has 0 aromatic heterocycles. The van der Waals surface area contributed by atoms with Crippen LogP contribution in [0, 0.1) is 0 Å². The lowest BCUT2D eigenvalue weighted by Gasteiger charge is -2.25. The molecule has 2 aromatic carbocycles. The maximum Gasteiger partial charge on any atom is 0.323 e. The number of carbonyl (C=O) groups excluding carboxylic acids is 3. The van der Waals surface area contributed by atoms with E-state index in [1.807, 2.05) is 67.6 Å². The van der Waals surface area contributed by atoms with Gasteiger partial charge in [0.25, 0.3) is 0 Å². The first-order chi connectivity index (χ1) is 15.5. The van der Waals surface area contributed by atoms with E-state index in [2.05, 4.69) is 10.6 Å². The van der Waals surface area contributed by atoms with E-state index in [9.17, 15) is 14.4 Å². The molecule has 1 amide bonds. The predicted molar refractivity (Wildman–Crippen MR) is 120 cm³/mol. The molecular weight excluding hydrogens is 408 g/mol. The van der Waals surface area contributed by atoms with Crippen LogP contribution in [0.25, 0.3) is 0 Å². The van der Waals surface area contributed by atoms with Gasteiger partial charge in [-0.05, 0) is 24.0 Å². The lowest BCUT2D eigenvalue weighted by atomic mass is 10.0. The monoisotopic (exact) mass is 438 g/mol. The summed E-state index contributed by atoms with van der Waals surface area (Å²) in [4.78, 5) is 37.2. The zero-order valence-electron chi connectivity index (χ0n) is 18.3. The first-order valence-electron chi connectivity index (χ1n) is 11.0. The first-order valence-corrected chi connectivity index (χ1v) is 11.0. The molecule has 0 bridgehead atoms. The second kappa shape index (κ2) is 12.0. The Labute approximate surface area is 188 Å². The maximum atomic E-state index is 12.7. The van der Waals surface area contributed by atoms with Crippen molar-refractivity contribution >= 4 is 17.8 Å². The lowest BCUT2D eigenvalue weighted by Crippen LogP contribution is -2.50. The fraction of sp³-hybridized carbons (Fsp3) is 0.400. The third-order valence-electron chi connectivity index (χ3n) is 5.30. The van der Waals surface area contributed by atoms with Gasteiger partial charge in [0.1, 0.15) is 12.6 Å². The Morgan fingerprint density at radius 2 is 1.69 bits per heavy atom. The number of nitrogens with one attached hydrogen (secondary N) is 2. The third-order valence-corrected chi connectivity index (χ3v) is 5.30. The van der Waals surface area contributed by atoms with E-state index in [0.717, 1.165) is 17.5 Å². The molecule has 2 aromatic rings. The summed E-state index contributed by atoms with van der Waals surface area (Å²) < 4.78 is 10.7. The van der Waals surface area contributed by atoms with Crippen LogP contribution in [0.15, 0.2) is 60.7 Å². The van der Waals surface area contributed by atoms with Crippen molar-refractivity contribution in [2.24, 2.45) is 0 Å². The number of carbonyl (C=O) groups is 3. The summed E-state index contributed by atoms with van der Waals surface area (Å²) in [5.74, 6) is -0.926. The zero-order valence-corrected chi connectivity index (χ0v) is 18.3. The van der Waals surface area contributed by atoms with Crippen LogP contribution < -0.4 is 10.6 Å². The van der Waals surface area contributed by atoms with Crippen molar-refractivity contribution in [1.29, 1.82) is 0 Å². The predicted octanol–water partition coefficient (Wildman–Crippen LogP) is 2.53. The quantitative estimate of drug-likeness (QED) is 0.524. The largest absolute Gasteiger partial charge is 0.465 e. The third kappa shape index (κ3) is 7.20. The molecule has 7 heteroatoms. The van der Waals surface area contributed by atoms with Crippen molar-refractivity contribution in [1.82, 2.24) is 10.6 Å². The summed E-state index contributed by atoms with van der Waals surface area (Å²) in [6, 6.07) is 17.6. The van der Waals surface area contributed by atoms with Crippen molar-refractivity contribution in [3.8, 4) is 0 Å². The van der Waals surface area contributed by atoms with Crippen LogP contribution in [0.2, 0.25) is 0 Å². The van der Waals surface area contributed by atoms with E-state index >= 15 is 0 Å². The average Bonchev–Trinajstić information content (AvgIpc) is 3.15. The number of esters is 2. The van der Waals surface area contributed by atoms with Crippen LogP contribution >= 0.6 is 0 Å². The zero-order chi connectivity index (χ0) is 22.8. The van der Waals surface area contributed by atoms with Gasteiger partial charge in [0.05, 0.1) is 19.1 Å². The van der Waals surface area contributed by atoms with Gasteiger partial charge in [-0.15, -0.1) is 0 Å². The van der Waals surface area contributed by atoms with Crippen molar-refractivity contribution in [3.63, 3.8) is 0 Å². The minimum atomic E-state index is -0.621. The summed E-state index contributed by atoms with van der Waals surface area (Å²) in [6.45, 7) is 2.45. The molecule has 1 heterocycles. The van der Waals surface area contributed by atoms with Gasteiger partial charge in [-0.3, -0.25) is 19.7 Å². The highest BCUT2D eigenvalue weighted by molar-refractivity contribution is 5.82. The van der Waals surface area contributed by atoms with E-state index in [-0.39, 0.29) is 37.4 Å². The highest BCUT2D eigenvalue weighted by Gasteiger charge is 2.37. The molecule has 1 aliphatic rings. The van der Waals surface area contributed by atoms with E-state index < -0.39 is 18.1 Å².